The fraction of sp³-hybridized carbons (Fsp3) is 0.931. The molecule has 35 heavy (non-hydrogen) atoms. The van der Waals surface area contributed by atoms with Gasteiger partial charge in [-0.05, 0) is 38.0 Å². The molecule has 0 atom stereocenters. The molecule has 0 spiro atoms. The summed E-state index contributed by atoms with van der Waals surface area (Å²) in [6, 6.07) is 0. The van der Waals surface area contributed by atoms with Gasteiger partial charge in [-0.2, -0.15) is 0 Å². The Morgan fingerprint density at radius 2 is 1.14 bits per heavy atom. The van der Waals surface area contributed by atoms with Gasteiger partial charge in [0.15, 0.2) is 0 Å². The van der Waals surface area contributed by atoms with E-state index in [4.69, 9.17) is 23.7 Å². The summed E-state index contributed by atoms with van der Waals surface area (Å²) in [4.78, 5) is 0. The zero-order chi connectivity index (χ0) is 25.2. The normalized spacial score (nSPS) is 13.4. The molecule has 1 N–H and O–H groups in total. The second-order valence-electron chi connectivity index (χ2n) is 10.0. The Bertz CT molecular complexity index is 478. The van der Waals surface area contributed by atoms with Crippen molar-refractivity contribution in [2.24, 2.45) is 5.92 Å². The van der Waals surface area contributed by atoms with Crippen molar-refractivity contribution in [1.29, 1.82) is 0 Å². The molecule has 6 nitrogen and oxygen atoms in total. The van der Waals surface area contributed by atoms with Crippen LogP contribution in [0.5, 0.6) is 0 Å². The quantitative estimate of drug-likeness (QED) is 0.134. The predicted octanol–water partition coefficient (Wildman–Crippen LogP) is 6.28. The van der Waals surface area contributed by atoms with Gasteiger partial charge in [0.1, 0.15) is 0 Å². The third-order valence-corrected chi connectivity index (χ3v) is 6.19. The standard InChI is InChI=1S/C29H57NO5/c1-4-5-6-7-8-9-10-11-15-29(28-13-12-14-28)30-16-17-31-18-19-32-20-21-33-22-23-34-24-25-35-26-27(2)3/h27,30H,4-26H2,1-3H3. The molecule has 1 aliphatic rings. The molecule has 0 aromatic heterocycles. The highest BCUT2D eigenvalue weighted by atomic mass is 16.6. The summed E-state index contributed by atoms with van der Waals surface area (Å²) in [5.74, 6) is 0.567. The van der Waals surface area contributed by atoms with Crippen molar-refractivity contribution in [3.63, 3.8) is 0 Å². The molecule has 0 aromatic carbocycles. The van der Waals surface area contributed by atoms with E-state index >= 15 is 0 Å². The average molecular weight is 500 g/mol. The maximum absolute atomic E-state index is 5.73. The molecule has 1 aliphatic carbocycles. The predicted molar refractivity (Wildman–Crippen MR) is 145 cm³/mol. The Morgan fingerprint density at radius 3 is 1.63 bits per heavy atom. The average Bonchev–Trinajstić information content (AvgIpc) is 2.81. The molecule has 0 saturated heterocycles. The first-order valence-electron chi connectivity index (χ1n) is 14.6. The van der Waals surface area contributed by atoms with Crippen LogP contribution in [0.2, 0.25) is 0 Å². The Hall–Kier alpha value is -0.660. The largest absolute Gasteiger partial charge is 0.386 e. The molecular weight excluding hydrogens is 442 g/mol. The Morgan fingerprint density at radius 1 is 0.657 bits per heavy atom. The lowest BCUT2D eigenvalue weighted by molar-refractivity contribution is -0.0124. The summed E-state index contributed by atoms with van der Waals surface area (Å²) in [5, 5.41) is 3.67. The van der Waals surface area contributed by atoms with E-state index in [0.29, 0.717) is 58.8 Å². The summed E-state index contributed by atoms with van der Waals surface area (Å²) in [5.41, 5.74) is 3.16. The van der Waals surface area contributed by atoms with Crippen LogP contribution in [0.15, 0.2) is 11.3 Å². The summed E-state index contributed by atoms with van der Waals surface area (Å²) >= 11 is 0. The molecular formula is C29H57NO5. The van der Waals surface area contributed by atoms with Crippen molar-refractivity contribution in [3.8, 4) is 0 Å². The van der Waals surface area contributed by atoms with Crippen LogP contribution in [-0.2, 0) is 23.7 Å². The van der Waals surface area contributed by atoms with Crippen molar-refractivity contribution in [1.82, 2.24) is 5.32 Å². The summed E-state index contributed by atoms with van der Waals surface area (Å²) in [6.07, 6.45) is 16.2. The maximum Gasteiger partial charge on any atom is 0.0701 e. The zero-order valence-electron chi connectivity index (χ0n) is 23.4. The second-order valence-corrected chi connectivity index (χ2v) is 10.0. The van der Waals surface area contributed by atoms with Gasteiger partial charge in [-0.3, -0.25) is 0 Å². The number of hydrogen-bond donors (Lipinski definition) is 1. The third-order valence-electron chi connectivity index (χ3n) is 6.19. The zero-order valence-corrected chi connectivity index (χ0v) is 23.4. The first-order valence-corrected chi connectivity index (χ1v) is 14.6. The van der Waals surface area contributed by atoms with Crippen molar-refractivity contribution in [2.75, 3.05) is 72.6 Å². The van der Waals surface area contributed by atoms with Crippen molar-refractivity contribution in [3.05, 3.63) is 11.3 Å². The molecule has 0 aromatic rings. The van der Waals surface area contributed by atoms with Gasteiger partial charge in [-0.1, -0.05) is 71.3 Å². The fourth-order valence-electron chi connectivity index (χ4n) is 3.95. The Labute approximate surface area is 216 Å². The van der Waals surface area contributed by atoms with E-state index in [-0.39, 0.29) is 0 Å². The molecule has 0 heterocycles. The van der Waals surface area contributed by atoms with Gasteiger partial charge < -0.3 is 29.0 Å². The number of allylic oxidation sites excluding steroid dienone is 2. The van der Waals surface area contributed by atoms with E-state index in [1.807, 2.05) is 0 Å². The fourth-order valence-corrected chi connectivity index (χ4v) is 3.95. The first kappa shape index (κ1) is 32.4. The van der Waals surface area contributed by atoms with Crippen molar-refractivity contribution in [2.45, 2.75) is 97.8 Å². The van der Waals surface area contributed by atoms with E-state index in [1.54, 1.807) is 5.57 Å². The van der Waals surface area contributed by atoms with Crippen LogP contribution in [0.1, 0.15) is 97.8 Å². The van der Waals surface area contributed by atoms with Crippen LogP contribution >= 0.6 is 0 Å². The van der Waals surface area contributed by atoms with E-state index in [2.05, 4.69) is 26.1 Å². The van der Waals surface area contributed by atoms with Gasteiger partial charge in [-0.15, -0.1) is 0 Å². The van der Waals surface area contributed by atoms with E-state index < -0.39 is 0 Å². The molecule has 0 radical (unpaired) electrons. The van der Waals surface area contributed by atoms with Gasteiger partial charge in [0.25, 0.3) is 0 Å². The lowest BCUT2D eigenvalue weighted by Crippen LogP contribution is -2.23. The first-order chi connectivity index (χ1) is 17.2. The minimum atomic E-state index is 0.567. The van der Waals surface area contributed by atoms with Crippen LogP contribution in [0.3, 0.4) is 0 Å². The number of hydrogen-bond acceptors (Lipinski definition) is 6. The lowest BCUT2D eigenvalue weighted by atomic mass is 9.89. The van der Waals surface area contributed by atoms with Crippen LogP contribution in [0.25, 0.3) is 0 Å². The molecule has 1 rings (SSSR count). The van der Waals surface area contributed by atoms with Crippen LogP contribution in [0.4, 0.5) is 0 Å². The smallest absolute Gasteiger partial charge is 0.0701 e. The minimum Gasteiger partial charge on any atom is -0.386 e. The summed E-state index contributed by atoms with van der Waals surface area (Å²) < 4.78 is 27.7. The van der Waals surface area contributed by atoms with Gasteiger partial charge in [0.2, 0.25) is 0 Å². The number of rotatable bonds is 27. The third kappa shape index (κ3) is 21.2. The van der Waals surface area contributed by atoms with Crippen LogP contribution in [-0.4, -0.2) is 72.6 Å². The van der Waals surface area contributed by atoms with E-state index in [1.165, 1.54) is 82.7 Å². The Kier molecular flexibility index (Phi) is 23.1. The highest BCUT2D eigenvalue weighted by Gasteiger charge is 2.14. The van der Waals surface area contributed by atoms with Gasteiger partial charge >= 0.3 is 0 Å². The molecule has 6 heteroatoms. The highest BCUT2D eigenvalue weighted by molar-refractivity contribution is 5.18. The van der Waals surface area contributed by atoms with Crippen molar-refractivity contribution < 1.29 is 23.7 Å². The molecule has 0 aliphatic heterocycles. The maximum atomic E-state index is 5.73. The van der Waals surface area contributed by atoms with E-state index in [9.17, 15) is 0 Å². The summed E-state index contributed by atoms with van der Waals surface area (Å²) in [7, 11) is 0. The SMILES string of the molecule is CCCCCCCCCCC(NCCOCCOCCOCCOCCOCC(C)C)=C1CCC1. The monoisotopic (exact) mass is 499 g/mol. The Balaban J connectivity index is 1.85. The molecule has 0 bridgehead atoms. The number of ether oxygens (including phenoxy) is 5. The van der Waals surface area contributed by atoms with Crippen molar-refractivity contribution >= 4 is 0 Å². The minimum absolute atomic E-state index is 0.567. The molecule has 208 valence electrons. The number of unbranched alkanes of at least 4 members (excludes halogenated alkanes) is 7. The molecule has 1 saturated carbocycles. The van der Waals surface area contributed by atoms with Crippen LogP contribution < -0.4 is 5.32 Å². The molecule has 1 fully saturated rings. The van der Waals surface area contributed by atoms with E-state index in [0.717, 1.165) is 19.8 Å². The summed E-state index contributed by atoms with van der Waals surface area (Å²) in [6.45, 7) is 13.8. The highest BCUT2D eigenvalue weighted by Crippen LogP contribution is 2.29. The topological polar surface area (TPSA) is 58.2 Å². The number of nitrogens with one attached hydrogen (secondary N) is 1. The molecule has 0 unspecified atom stereocenters. The van der Waals surface area contributed by atoms with Gasteiger partial charge in [-0.25, -0.2) is 0 Å². The second kappa shape index (κ2) is 25.0. The lowest BCUT2D eigenvalue weighted by Gasteiger charge is -2.23. The van der Waals surface area contributed by atoms with Gasteiger partial charge in [0, 0.05) is 18.8 Å². The van der Waals surface area contributed by atoms with Gasteiger partial charge in [0.05, 0.1) is 59.5 Å². The molecule has 0 amide bonds. The van der Waals surface area contributed by atoms with Crippen LogP contribution in [0, 0.1) is 5.92 Å².